The van der Waals surface area contributed by atoms with Crippen molar-refractivity contribution in [3.63, 3.8) is 0 Å². The second-order valence-electron chi connectivity index (χ2n) is 6.91. The topological polar surface area (TPSA) is 69.7 Å². The van der Waals surface area contributed by atoms with Crippen LogP contribution in [0.15, 0.2) is 42.5 Å². The molecule has 0 unspecified atom stereocenters. The molecule has 0 atom stereocenters. The molecular weight excluding hydrogens is 342 g/mol. The van der Waals surface area contributed by atoms with E-state index in [1.165, 1.54) is 0 Å². The van der Waals surface area contributed by atoms with Gasteiger partial charge < -0.3 is 15.1 Å². The summed E-state index contributed by atoms with van der Waals surface area (Å²) in [5.74, 6) is -0.0314. The van der Waals surface area contributed by atoms with Crippen LogP contribution in [-0.2, 0) is 16.0 Å². The van der Waals surface area contributed by atoms with Crippen LogP contribution in [0.2, 0.25) is 0 Å². The molecule has 3 amide bonds. The number of hydrogen-bond acceptors (Lipinski definition) is 3. The van der Waals surface area contributed by atoms with E-state index in [1.807, 2.05) is 36.4 Å². The van der Waals surface area contributed by atoms with Gasteiger partial charge in [0.25, 0.3) is 5.91 Å². The zero-order valence-electron chi connectivity index (χ0n) is 15.2. The van der Waals surface area contributed by atoms with Crippen LogP contribution in [0.1, 0.15) is 35.7 Å². The van der Waals surface area contributed by atoms with Gasteiger partial charge in [0.05, 0.1) is 0 Å². The summed E-state index contributed by atoms with van der Waals surface area (Å²) in [6.07, 6.45) is 2.24. The van der Waals surface area contributed by atoms with E-state index in [-0.39, 0.29) is 17.7 Å². The highest BCUT2D eigenvalue weighted by Crippen LogP contribution is 2.29. The zero-order chi connectivity index (χ0) is 19.0. The Morgan fingerprint density at radius 1 is 1.00 bits per heavy atom. The van der Waals surface area contributed by atoms with Gasteiger partial charge in [0.1, 0.15) is 0 Å². The number of nitrogens with one attached hydrogen (secondary N) is 1. The first-order valence-corrected chi connectivity index (χ1v) is 9.16. The third kappa shape index (κ3) is 3.30. The second-order valence-corrected chi connectivity index (χ2v) is 6.91. The van der Waals surface area contributed by atoms with Crippen molar-refractivity contribution in [2.75, 3.05) is 28.2 Å². The summed E-state index contributed by atoms with van der Waals surface area (Å²) in [5.41, 5.74) is 4.01. The first-order valence-electron chi connectivity index (χ1n) is 9.16. The fourth-order valence-electron chi connectivity index (χ4n) is 3.72. The Morgan fingerprint density at radius 2 is 1.78 bits per heavy atom. The summed E-state index contributed by atoms with van der Waals surface area (Å²) >= 11 is 0. The van der Waals surface area contributed by atoms with E-state index < -0.39 is 0 Å². The van der Waals surface area contributed by atoms with Gasteiger partial charge in [0.15, 0.2) is 0 Å². The minimum Gasteiger partial charge on any atom is -0.322 e. The lowest BCUT2D eigenvalue weighted by atomic mass is 10.1. The quantitative estimate of drug-likeness (QED) is 0.911. The van der Waals surface area contributed by atoms with Crippen LogP contribution in [0.25, 0.3) is 0 Å². The van der Waals surface area contributed by atoms with Crippen LogP contribution in [0.3, 0.4) is 0 Å². The molecule has 6 nitrogen and oxygen atoms in total. The maximum Gasteiger partial charge on any atom is 0.255 e. The zero-order valence-corrected chi connectivity index (χ0v) is 15.2. The molecule has 1 saturated heterocycles. The highest BCUT2D eigenvalue weighted by Gasteiger charge is 2.23. The van der Waals surface area contributed by atoms with Crippen molar-refractivity contribution in [1.82, 2.24) is 0 Å². The Bertz CT molecular complexity index is 921. The van der Waals surface area contributed by atoms with Crippen LogP contribution in [0.5, 0.6) is 0 Å². The molecule has 138 valence electrons. The molecule has 1 N–H and O–H groups in total. The van der Waals surface area contributed by atoms with Gasteiger partial charge in [0.2, 0.25) is 11.8 Å². The lowest BCUT2D eigenvalue weighted by molar-refractivity contribution is -0.117. The fourth-order valence-corrected chi connectivity index (χ4v) is 3.72. The summed E-state index contributed by atoms with van der Waals surface area (Å²) in [5, 5.41) is 2.89. The highest BCUT2D eigenvalue weighted by molar-refractivity contribution is 6.05. The third-order valence-corrected chi connectivity index (χ3v) is 5.13. The molecule has 0 bridgehead atoms. The third-order valence-electron chi connectivity index (χ3n) is 5.13. The van der Waals surface area contributed by atoms with Crippen LogP contribution >= 0.6 is 0 Å². The minimum atomic E-state index is -0.191. The maximum atomic E-state index is 12.6. The van der Waals surface area contributed by atoms with E-state index in [0.717, 1.165) is 36.3 Å². The number of carbonyl (C=O) groups is 3. The molecule has 2 aliphatic heterocycles. The van der Waals surface area contributed by atoms with Crippen LogP contribution in [0.4, 0.5) is 17.1 Å². The number of benzene rings is 2. The predicted octanol–water partition coefficient (Wildman–Crippen LogP) is 2.97. The SMILES string of the molecule is CC(=O)N1CCc2cc(C(=O)Nc3ccc(N4CCCC4=O)cc3)ccc21. The normalized spacial score (nSPS) is 15.8. The summed E-state index contributed by atoms with van der Waals surface area (Å²) in [7, 11) is 0. The number of amides is 3. The summed E-state index contributed by atoms with van der Waals surface area (Å²) in [4.78, 5) is 39.5. The van der Waals surface area contributed by atoms with E-state index in [9.17, 15) is 14.4 Å². The average molecular weight is 363 g/mol. The molecule has 2 heterocycles. The molecule has 0 aliphatic carbocycles. The lowest BCUT2D eigenvalue weighted by Crippen LogP contribution is -2.25. The summed E-state index contributed by atoms with van der Waals surface area (Å²) in [6, 6.07) is 12.8. The van der Waals surface area contributed by atoms with Crippen molar-refractivity contribution in [2.24, 2.45) is 0 Å². The Labute approximate surface area is 157 Å². The average Bonchev–Trinajstić information content (AvgIpc) is 3.28. The van der Waals surface area contributed by atoms with Gasteiger partial charge in [-0.2, -0.15) is 0 Å². The molecular formula is C21H21N3O3. The molecule has 2 aliphatic rings. The van der Waals surface area contributed by atoms with Crippen molar-refractivity contribution >= 4 is 34.8 Å². The summed E-state index contributed by atoms with van der Waals surface area (Å²) in [6.45, 7) is 2.96. The Morgan fingerprint density at radius 3 is 2.44 bits per heavy atom. The van der Waals surface area contributed by atoms with Crippen molar-refractivity contribution in [2.45, 2.75) is 26.2 Å². The molecule has 4 rings (SSSR count). The highest BCUT2D eigenvalue weighted by atomic mass is 16.2. The Hall–Kier alpha value is -3.15. The first kappa shape index (κ1) is 17.3. The van der Waals surface area contributed by atoms with Crippen molar-refractivity contribution in [3.05, 3.63) is 53.6 Å². The van der Waals surface area contributed by atoms with E-state index in [0.29, 0.717) is 24.2 Å². The number of rotatable bonds is 3. The van der Waals surface area contributed by atoms with Crippen molar-refractivity contribution in [3.8, 4) is 0 Å². The van der Waals surface area contributed by atoms with Gasteiger partial charge in [-0.25, -0.2) is 0 Å². The molecule has 0 spiro atoms. The van der Waals surface area contributed by atoms with Crippen LogP contribution in [0, 0.1) is 0 Å². The van der Waals surface area contributed by atoms with Gasteiger partial charge in [-0.1, -0.05) is 0 Å². The van der Waals surface area contributed by atoms with E-state index in [4.69, 9.17) is 0 Å². The minimum absolute atomic E-state index is 0.0162. The van der Waals surface area contributed by atoms with E-state index in [1.54, 1.807) is 22.8 Å². The van der Waals surface area contributed by atoms with Gasteiger partial charge >= 0.3 is 0 Å². The standard InChI is InChI=1S/C21H21N3O3/c1-14(25)23-12-10-15-13-16(4-9-19(15)23)21(27)22-17-5-7-18(8-6-17)24-11-2-3-20(24)26/h4-9,13H,2-3,10-12H2,1H3,(H,22,27). The molecule has 2 aromatic carbocycles. The molecule has 0 radical (unpaired) electrons. The molecule has 1 fully saturated rings. The molecule has 0 saturated carbocycles. The fraction of sp³-hybridized carbons (Fsp3) is 0.286. The van der Waals surface area contributed by atoms with Gasteiger partial charge in [-0.05, 0) is 60.9 Å². The number of carbonyl (C=O) groups excluding carboxylic acids is 3. The largest absolute Gasteiger partial charge is 0.322 e. The summed E-state index contributed by atoms with van der Waals surface area (Å²) < 4.78 is 0. The number of hydrogen-bond donors (Lipinski definition) is 1. The van der Waals surface area contributed by atoms with E-state index in [2.05, 4.69) is 5.32 Å². The van der Waals surface area contributed by atoms with E-state index >= 15 is 0 Å². The molecule has 6 heteroatoms. The maximum absolute atomic E-state index is 12.6. The number of nitrogens with zero attached hydrogens (tertiary/aromatic N) is 2. The molecule has 2 aromatic rings. The van der Waals surface area contributed by atoms with Crippen LogP contribution in [-0.4, -0.2) is 30.8 Å². The van der Waals surface area contributed by atoms with Crippen LogP contribution < -0.4 is 15.1 Å². The molecule has 27 heavy (non-hydrogen) atoms. The smallest absolute Gasteiger partial charge is 0.255 e. The molecule has 0 aromatic heterocycles. The number of fused-ring (bicyclic) bond motifs is 1. The second kappa shape index (κ2) is 6.87. The number of anilines is 3. The van der Waals surface area contributed by atoms with Gasteiger partial charge in [-0.3, -0.25) is 14.4 Å². The van der Waals surface area contributed by atoms with Gasteiger partial charge in [0, 0.05) is 49.1 Å². The predicted molar refractivity (Wildman–Crippen MR) is 104 cm³/mol. The first-order chi connectivity index (χ1) is 13.0. The van der Waals surface area contributed by atoms with Crippen molar-refractivity contribution < 1.29 is 14.4 Å². The Kier molecular flexibility index (Phi) is 4.39. The van der Waals surface area contributed by atoms with Crippen molar-refractivity contribution in [1.29, 1.82) is 0 Å². The van der Waals surface area contributed by atoms with Gasteiger partial charge in [-0.15, -0.1) is 0 Å². The Balaban J connectivity index is 1.46. The monoisotopic (exact) mass is 363 g/mol. The lowest BCUT2D eigenvalue weighted by Gasteiger charge is -2.16.